The molecule has 0 bridgehead atoms. The van der Waals surface area contributed by atoms with Crippen molar-refractivity contribution in [2.45, 2.75) is 25.0 Å². The highest BCUT2D eigenvalue weighted by Crippen LogP contribution is 2.18. The Morgan fingerprint density at radius 1 is 1.30 bits per heavy atom. The minimum Gasteiger partial charge on any atom is -0.231 e. The summed E-state index contributed by atoms with van der Waals surface area (Å²) in [5, 5.41) is -0.189. The average molecular weight is 160 g/mol. The highest BCUT2D eigenvalue weighted by Gasteiger charge is 2.13. The highest BCUT2D eigenvalue weighted by atomic mass is 32.2. The maximum absolute atomic E-state index is 10.4. The van der Waals surface area contributed by atoms with E-state index in [0.717, 1.165) is 12.8 Å². The van der Waals surface area contributed by atoms with Crippen molar-refractivity contribution in [2.75, 3.05) is 0 Å². The average Bonchev–Trinajstić information content (AvgIpc) is 1.88. The normalized spacial score (nSPS) is 33.0. The van der Waals surface area contributed by atoms with E-state index >= 15 is 0 Å². The molecular weight excluding hydrogens is 148 g/mol. The van der Waals surface area contributed by atoms with Crippen molar-refractivity contribution in [3.05, 3.63) is 12.2 Å². The molecule has 0 aromatic heterocycles. The summed E-state index contributed by atoms with van der Waals surface area (Å²) in [5.41, 5.74) is 0. The van der Waals surface area contributed by atoms with Crippen LogP contribution in [-0.2, 0) is 10.7 Å². The molecule has 0 aromatic carbocycles. The van der Waals surface area contributed by atoms with Crippen molar-refractivity contribution in [2.24, 2.45) is 5.92 Å². The van der Waals surface area contributed by atoms with Gasteiger partial charge in [-0.15, -0.1) is 0 Å². The molecule has 0 spiro atoms. The summed E-state index contributed by atoms with van der Waals surface area (Å²) in [6.07, 6.45) is 5.60. The number of thiol groups is 1. The molecule has 0 amide bonds. The number of rotatable bonds is 1. The molecule has 0 aliphatic heterocycles. The lowest BCUT2D eigenvalue weighted by atomic mass is 9.98. The van der Waals surface area contributed by atoms with Gasteiger partial charge in [0.05, 0.1) is 5.25 Å². The quantitative estimate of drug-likeness (QED) is 0.458. The maximum atomic E-state index is 10.4. The largest absolute Gasteiger partial charge is 0.231 e. The second kappa shape index (κ2) is 3.19. The first-order valence-corrected chi connectivity index (χ1v) is 4.76. The van der Waals surface area contributed by atoms with Crippen LogP contribution in [0.2, 0.25) is 0 Å². The van der Waals surface area contributed by atoms with Gasteiger partial charge in [0, 0.05) is 0 Å². The minimum absolute atomic E-state index is 0.189. The van der Waals surface area contributed by atoms with Gasteiger partial charge in [0.15, 0.2) is 0 Å². The summed E-state index contributed by atoms with van der Waals surface area (Å²) in [5.74, 6) is 0.561. The molecule has 2 atom stereocenters. The lowest BCUT2D eigenvalue weighted by Crippen LogP contribution is -2.12. The van der Waals surface area contributed by atoms with Gasteiger partial charge in [0.1, 0.15) is 10.7 Å². The van der Waals surface area contributed by atoms with E-state index < -0.39 is 10.7 Å². The Balaban J connectivity index is 2.61. The molecule has 3 heteroatoms. The molecule has 10 heavy (non-hydrogen) atoms. The summed E-state index contributed by atoms with van der Waals surface area (Å²) < 4.78 is 20.9. The summed E-state index contributed by atoms with van der Waals surface area (Å²) >= 11 is 0. The Hall–Kier alpha value is -0.310. The van der Waals surface area contributed by atoms with Crippen LogP contribution >= 0.6 is 0 Å². The van der Waals surface area contributed by atoms with Crippen molar-refractivity contribution in [1.82, 2.24) is 0 Å². The standard InChI is InChI=1S/C7H12O2S/c1-6-2-4-7(5-3-6)10(8)9/h2,4,6-7,10H,3,5H2,1H3. The molecule has 1 aliphatic rings. The fourth-order valence-corrected chi connectivity index (χ4v) is 1.72. The Bertz CT molecular complexity index is 198. The van der Waals surface area contributed by atoms with Crippen LogP contribution in [0, 0.1) is 5.92 Å². The first-order chi connectivity index (χ1) is 4.70. The summed E-state index contributed by atoms with van der Waals surface area (Å²) in [6, 6.07) is 0. The second-order valence-electron chi connectivity index (χ2n) is 2.79. The van der Waals surface area contributed by atoms with E-state index in [4.69, 9.17) is 0 Å². The third-order valence-corrected chi connectivity index (χ3v) is 2.82. The van der Waals surface area contributed by atoms with Gasteiger partial charge >= 0.3 is 0 Å². The zero-order valence-electron chi connectivity index (χ0n) is 5.99. The fraction of sp³-hybridized carbons (Fsp3) is 0.714. The Kier molecular flexibility index (Phi) is 2.49. The Labute approximate surface area is 62.9 Å². The molecule has 0 radical (unpaired) electrons. The van der Waals surface area contributed by atoms with Crippen LogP contribution in [0.5, 0.6) is 0 Å². The number of allylic oxidation sites excluding steroid dienone is 1. The predicted octanol–water partition coefficient (Wildman–Crippen LogP) is 0.953. The minimum atomic E-state index is -2.22. The van der Waals surface area contributed by atoms with Crippen LogP contribution < -0.4 is 0 Å². The van der Waals surface area contributed by atoms with E-state index in [-0.39, 0.29) is 5.25 Å². The molecule has 58 valence electrons. The maximum Gasteiger partial charge on any atom is 0.146 e. The molecule has 1 rings (SSSR count). The Morgan fingerprint density at radius 2 is 2.00 bits per heavy atom. The Morgan fingerprint density at radius 3 is 2.40 bits per heavy atom. The lowest BCUT2D eigenvalue weighted by molar-refractivity contribution is 0.561. The first kappa shape index (κ1) is 7.79. The van der Waals surface area contributed by atoms with Crippen molar-refractivity contribution >= 4 is 10.7 Å². The van der Waals surface area contributed by atoms with Gasteiger partial charge in [0.25, 0.3) is 0 Å². The lowest BCUT2D eigenvalue weighted by Gasteiger charge is -2.14. The molecule has 0 saturated heterocycles. The van der Waals surface area contributed by atoms with Crippen LogP contribution in [0.1, 0.15) is 19.8 Å². The van der Waals surface area contributed by atoms with E-state index in [0.29, 0.717) is 5.92 Å². The SMILES string of the molecule is CC1C=CC([SH](=O)=O)CC1. The number of hydrogen-bond donors (Lipinski definition) is 1. The third-order valence-electron chi connectivity index (χ3n) is 1.85. The van der Waals surface area contributed by atoms with Crippen LogP contribution in [0.4, 0.5) is 0 Å². The molecule has 0 heterocycles. The molecule has 0 fully saturated rings. The van der Waals surface area contributed by atoms with Crippen molar-refractivity contribution < 1.29 is 8.42 Å². The fourth-order valence-electron chi connectivity index (χ4n) is 1.12. The number of hydrogen-bond acceptors (Lipinski definition) is 2. The van der Waals surface area contributed by atoms with Crippen molar-refractivity contribution in [3.63, 3.8) is 0 Å². The monoisotopic (exact) mass is 160 g/mol. The molecular formula is C7H12O2S. The highest BCUT2D eigenvalue weighted by molar-refractivity contribution is 7.73. The van der Waals surface area contributed by atoms with Crippen LogP contribution in [0.15, 0.2) is 12.2 Å². The third kappa shape index (κ3) is 1.84. The van der Waals surface area contributed by atoms with Gasteiger partial charge in [-0.25, -0.2) is 8.42 Å². The molecule has 1 aliphatic carbocycles. The van der Waals surface area contributed by atoms with Crippen molar-refractivity contribution in [3.8, 4) is 0 Å². The van der Waals surface area contributed by atoms with Gasteiger partial charge in [0.2, 0.25) is 0 Å². The molecule has 2 nitrogen and oxygen atoms in total. The van der Waals surface area contributed by atoms with Crippen molar-refractivity contribution in [1.29, 1.82) is 0 Å². The summed E-state index contributed by atoms with van der Waals surface area (Å²) in [7, 11) is -2.22. The zero-order valence-corrected chi connectivity index (χ0v) is 6.88. The smallest absolute Gasteiger partial charge is 0.146 e. The van der Waals surface area contributed by atoms with E-state index in [1.165, 1.54) is 0 Å². The van der Waals surface area contributed by atoms with Gasteiger partial charge in [-0.05, 0) is 18.8 Å². The van der Waals surface area contributed by atoms with E-state index in [1.54, 1.807) is 6.08 Å². The summed E-state index contributed by atoms with van der Waals surface area (Å²) in [6.45, 7) is 2.10. The summed E-state index contributed by atoms with van der Waals surface area (Å²) in [4.78, 5) is 0. The first-order valence-electron chi connectivity index (χ1n) is 3.52. The van der Waals surface area contributed by atoms with E-state index in [1.807, 2.05) is 6.08 Å². The van der Waals surface area contributed by atoms with Gasteiger partial charge < -0.3 is 0 Å². The van der Waals surface area contributed by atoms with Crippen LogP contribution in [0.25, 0.3) is 0 Å². The van der Waals surface area contributed by atoms with Crippen LogP contribution in [-0.4, -0.2) is 13.7 Å². The van der Waals surface area contributed by atoms with Gasteiger partial charge in [-0.2, -0.15) is 0 Å². The van der Waals surface area contributed by atoms with Gasteiger partial charge in [-0.1, -0.05) is 19.1 Å². The molecule has 2 unspecified atom stereocenters. The molecule has 0 aromatic rings. The van der Waals surface area contributed by atoms with Crippen LogP contribution in [0.3, 0.4) is 0 Å². The zero-order chi connectivity index (χ0) is 7.56. The topological polar surface area (TPSA) is 34.1 Å². The molecule has 0 N–H and O–H groups in total. The van der Waals surface area contributed by atoms with E-state index in [9.17, 15) is 8.42 Å². The molecule has 0 saturated carbocycles. The van der Waals surface area contributed by atoms with Gasteiger partial charge in [-0.3, -0.25) is 0 Å². The van der Waals surface area contributed by atoms with E-state index in [2.05, 4.69) is 6.92 Å². The second-order valence-corrected chi connectivity index (χ2v) is 4.03. The predicted molar refractivity (Wildman–Crippen MR) is 41.6 cm³/mol.